The number of carbonyl (C=O) groups excluding carboxylic acids is 1. The molecular formula is C24H22FN5O3. The number of amides is 1. The summed E-state index contributed by atoms with van der Waals surface area (Å²) in [5.74, 6) is 0.185. The van der Waals surface area contributed by atoms with Crippen molar-refractivity contribution in [2.75, 3.05) is 14.2 Å². The predicted octanol–water partition coefficient (Wildman–Crippen LogP) is 3.98. The summed E-state index contributed by atoms with van der Waals surface area (Å²) in [7, 11) is 3.24. The summed E-state index contributed by atoms with van der Waals surface area (Å²) in [6, 6.07) is 9.63. The third-order valence-corrected chi connectivity index (χ3v) is 5.49. The molecule has 1 aromatic carbocycles. The smallest absolute Gasteiger partial charge is 0.272 e. The number of nitrogens with zero attached hydrogens (tertiary/aromatic N) is 4. The topological polar surface area (TPSA) is 93.2 Å². The Hall–Kier alpha value is -4.01. The Morgan fingerprint density at radius 2 is 2.06 bits per heavy atom. The molecule has 0 aliphatic heterocycles. The molecule has 1 saturated carbocycles. The first-order valence-electron chi connectivity index (χ1n) is 10.6. The second kappa shape index (κ2) is 8.50. The first-order chi connectivity index (χ1) is 16.0. The van der Waals surface area contributed by atoms with Crippen molar-refractivity contribution in [3.63, 3.8) is 0 Å². The lowest BCUT2D eigenvalue weighted by molar-refractivity contribution is 0.0778. The van der Waals surface area contributed by atoms with Gasteiger partial charge < -0.3 is 14.4 Å². The third-order valence-electron chi connectivity index (χ3n) is 5.49. The molecule has 1 N–H and O–H groups in total. The van der Waals surface area contributed by atoms with Crippen LogP contribution in [0.2, 0.25) is 0 Å². The molecule has 8 nitrogen and oxygen atoms in total. The van der Waals surface area contributed by atoms with Crippen LogP contribution in [0.25, 0.3) is 22.0 Å². The zero-order valence-corrected chi connectivity index (χ0v) is 18.2. The van der Waals surface area contributed by atoms with Crippen LogP contribution in [0.5, 0.6) is 11.8 Å². The minimum absolute atomic E-state index is 0.0759. The maximum Gasteiger partial charge on any atom is 0.272 e. The predicted molar refractivity (Wildman–Crippen MR) is 120 cm³/mol. The number of aromatic nitrogens is 4. The molecule has 3 aromatic heterocycles. The summed E-state index contributed by atoms with van der Waals surface area (Å²) >= 11 is 0. The van der Waals surface area contributed by atoms with Gasteiger partial charge >= 0.3 is 0 Å². The molecule has 3 heterocycles. The monoisotopic (exact) mass is 447 g/mol. The summed E-state index contributed by atoms with van der Waals surface area (Å²) in [6.07, 6.45) is 5.25. The van der Waals surface area contributed by atoms with Gasteiger partial charge in [-0.05, 0) is 42.7 Å². The average molecular weight is 447 g/mol. The van der Waals surface area contributed by atoms with Crippen LogP contribution in [-0.4, -0.2) is 51.2 Å². The Morgan fingerprint density at radius 1 is 1.21 bits per heavy atom. The highest BCUT2D eigenvalue weighted by Crippen LogP contribution is 2.34. The summed E-state index contributed by atoms with van der Waals surface area (Å²) in [5.41, 5.74) is 3.10. The van der Waals surface area contributed by atoms with Gasteiger partial charge in [-0.1, -0.05) is 12.1 Å². The van der Waals surface area contributed by atoms with Crippen LogP contribution >= 0.6 is 0 Å². The van der Waals surface area contributed by atoms with Crippen LogP contribution in [0.4, 0.5) is 4.39 Å². The number of aromatic amines is 1. The van der Waals surface area contributed by atoms with Gasteiger partial charge in [-0.2, -0.15) is 5.10 Å². The van der Waals surface area contributed by atoms with Gasteiger partial charge in [0.05, 0.1) is 24.2 Å². The van der Waals surface area contributed by atoms with Crippen molar-refractivity contribution in [3.8, 4) is 22.9 Å². The number of nitrogens with one attached hydrogen (secondary N) is 1. The van der Waals surface area contributed by atoms with Crippen LogP contribution in [0.3, 0.4) is 0 Å². The normalized spacial score (nSPS) is 13.2. The Balaban J connectivity index is 1.43. The first kappa shape index (κ1) is 20.9. The minimum atomic E-state index is -0.344. The number of hydrogen-bond acceptors (Lipinski definition) is 6. The molecule has 0 unspecified atom stereocenters. The molecular weight excluding hydrogens is 425 g/mol. The Labute approximate surface area is 189 Å². The number of pyridine rings is 2. The van der Waals surface area contributed by atoms with E-state index in [0.717, 1.165) is 29.3 Å². The van der Waals surface area contributed by atoms with E-state index in [9.17, 15) is 9.18 Å². The van der Waals surface area contributed by atoms with Crippen molar-refractivity contribution >= 4 is 16.8 Å². The zero-order chi connectivity index (χ0) is 22.9. The van der Waals surface area contributed by atoms with E-state index in [1.807, 2.05) is 0 Å². The van der Waals surface area contributed by atoms with Gasteiger partial charge in [-0.25, -0.2) is 14.4 Å². The van der Waals surface area contributed by atoms with E-state index < -0.39 is 0 Å². The van der Waals surface area contributed by atoms with Crippen LogP contribution in [0, 0.1) is 5.82 Å². The van der Waals surface area contributed by atoms with E-state index in [2.05, 4.69) is 20.2 Å². The van der Waals surface area contributed by atoms with E-state index >= 15 is 0 Å². The van der Waals surface area contributed by atoms with Crippen LogP contribution in [0.15, 0.2) is 48.8 Å². The van der Waals surface area contributed by atoms with E-state index in [0.29, 0.717) is 29.4 Å². The van der Waals surface area contributed by atoms with Gasteiger partial charge in [-0.15, -0.1) is 0 Å². The van der Waals surface area contributed by atoms with Crippen molar-refractivity contribution in [3.05, 3.63) is 65.9 Å². The highest BCUT2D eigenvalue weighted by atomic mass is 19.1. The fraction of sp³-hybridized carbons (Fsp3) is 0.250. The van der Waals surface area contributed by atoms with Gasteiger partial charge in [0.25, 0.3) is 5.91 Å². The number of methoxy groups -OCH3 is 1. The molecule has 9 heteroatoms. The number of carbonyl (C=O) groups is 1. The van der Waals surface area contributed by atoms with Gasteiger partial charge in [0, 0.05) is 30.9 Å². The molecule has 0 bridgehead atoms. The Bertz CT molecular complexity index is 1330. The maximum absolute atomic E-state index is 13.8. The molecule has 5 rings (SSSR count). The van der Waals surface area contributed by atoms with Crippen LogP contribution in [-0.2, 0) is 6.54 Å². The van der Waals surface area contributed by atoms with Gasteiger partial charge in [0.1, 0.15) is 17.6 Å². The molecule has 0 atom stereocenters. The highest BCUT2D eigenvalue weighted by molar-refractivity contribution is 5.93. The molecule has 4 aromatic rings. The lowest BCUT2D eigenvalue weighted by Crippen LogP contribution is -2.27. The Morgan fingerprint density at radius 3 is 2.82 bits per heavy atom. The molecule has 168 valence electrons. The average Bonchev–Trinajstić information content (AvgIpc) is 3.49. The summed E-state index contributed by atoms with van der Waals surface area (Å²) < 4.78 is 25.0. The minimum Gasteiger partial charge on any atom is -0.480 e. The quantitative estimate of drug-likeness (QED) is 0.461. The molecule has 0 radical (unpaired) electrons. The fourth-order valence-electron chi connectivity index (χ4n) is 3.64. The summed E-state index contributed by atoms with van der Waals surface area (Å²) in [6.45, 7) is 0.292. The van der Waals surface area contributed by atoms with Crippen LogP contribution in [0.1, 0.15) is 28.9 Å². The van der Waals surface area contributed by atoms with Gasteiger partial charge in [0.15, 0.2) is 0 Å². The molecule has 1 aliphatic carbocycles. The lowest BCUT2D eigenvalue weighted by atomic mass is 10.1. The molecule has 0 spiro atoms. The third kappa shape index (κ3) is 4.21. The molecule has 0 saturated heterocycles. The number of halogens is 1. The van der Waals surface area contributed by atoms with Crippen molar-refractivity contribution in [1.82, 2.24) is 25.1 Å². The maximum atomic E-state index is 13.8. The molecule has 1 fully saturated rings. The SMILES string of the molecule is COc1ncc(CN(C)C(=O)c2ccc(-c3cccc(F)c3)c(OC3CC3)n2)c2[nH]ncc12. The second-order valence-corrected chi connectivity index (χ2v) is 7.99. The number of ether oxygens (including phenoxy) is 2. The number of benzene rings is 1. The standard InChI is InChI=1S/C24H22FN5O3/c1-30(13-15-11-26-22(32-2)19-12-27-29-21(15)19)24(31)20-9-8-18(14-4-3-5-16(25)10-14)23(28-20)33-17-6-7-17/h3-5,8-12,17H,6-7,13H2,1-2H3,(H,27,29). The first-order valence-corrected chi connectivity index (χ1v) is 10.6. The summed E-state index contributed by atoms with van der Waals surface area (Å²) in [4.78, 5) is 23.5. The number of H-pyrrole nitrogens is 1. The molecule has 33 heavy (non-hydrogen) atoms. The largest absolute Gasteiger partial charge is 0.480 e. The fourth-order valence-corrected chi connectivity index (χ4v) is 3.64. The van der Waals surface area contributed by atoms with Crippen molar-refractivity contribution in [1.29, 1.82) is 0 Å². The molecule has 1 aliphatic rings. The summed E-state index contributed by atoms with van der Waals surface area (Å²) in [5, 5.41) is 7.75. The number of rotatable bonds is 7. The zero-order valence-electron chi connectivity index (χ0n) is 18.2. The van der Waals surface area contributed by atoms with Gasteiger partial charge in [-0.3, -0.25) is 9.89 Å². The molecule has 1 amide bonds. The lowest BCUT2D eigenvalue weighted by Gasteiger charge is -2.18. The Kier molecular flexibility index (Phi) is 5.37. The highest BCUT2D eigenvalue weighted by Gasteiger charge is 2.27. The number of fused-ring (bicyclic) bond motifs is 1. The van der Waals surface area contributed by atoms with Crippen molar-refractivity contribution in [2.45, 2.75) is 25.5 Å². The van der Waals surface area contributed by atoms with E-state index in [-0.39, 0.29) is 23.5 Å². The second-order valence-electron chi connectivity index (χ2n) is 7.99. The van der Waals surface area contributed by atoms with Gasteiger partial charge in [0.2, 0.25) is 11.8 Å². The van der Waals surface area contributed by atoms with E-state index in [4.69, 9.17) is 9.47 Å². The van der Waals surface area contributed by atoms with Crippen molar-refractivity contribution < 1.29 is 18.7 Å². The van der Waals surface area contributed by atoms with E-state index in [1.54, 1.807) is 55.7 Å². The number of hydrogen-bond donors (Lipinski definition) is 1. The van der Waals surface area contributed by atoms with Crippen LogP contribution < -0.4 is 9.47 Å². The van der Waals surface area contributed by atoms with E-state index in [1.165, 1.54) is 12.1 Å². The van der Waals surface area contributed by atoms with Crippen molar-refractivity contribution in [2.24, 2.45) is 0 Å².